The third-order valence-electron chi connectivity index (χ3n) is 2.59. The number of nitrogens with zero attached hydrogens (tertiary/aromatic N) is 2. The lowest BCUT2D eigenvalue weighted by Gasteiger charge is -1.94. The third-order valence-corrected chi connectivity index (χ3v) is 4.09. The van der Waals surface area contributed by atoms with Gasteiger partial charge in [-0.3, -0.25) is 4.98 Å². The number of pyridine rings is 1. The summed E-state index contributed by atoms with van der Waals surface area (Å²) in [6.07, 6.45) is 3.44. The lowest BCUT2D eigenvalue weighted by molar-refractivity contribution is 0.0697. The number of carboxylic acids is 1. The lowest BCUT2D eigenvalue weighted by atomic mass is 10.2. The van der Waals surface area contributed by atoms with Gasteiger partial charge in [-0.15, -0.1) is 11.3 Å². The first-order chi connectivity index (χ1) is 9.13. The molecule has 0 aliphatic heterocycles. The highest BCUT2D eigenvalue weighted by Gasteiger charge is 2.10. The number of carbonyl (C=O) groups is 1. The molecule has 0 amide bonds. The van der Waals surface area contributed by atoms with Crippen LogP contribution in [-0.4, -0.2) is 21.0 Å². The Morgan fingerprint density at radius 2 is 2.11 bits per heavy atom. The Morgan fingerprint density at radius 3 is 2.84 bits per heavy atom. The van der Waals surface area contributed by atoms with Gasteiger partial charge >= 0.3 is 5.97 Å². The van der Waals surface area contributed by atoms with E-state index in [0.29, 0.717) is 0 Å². The van der Waals surface area contributed by atoms with Gasteiger partial charge < -0.3 is 5.11 Å². The van der Waals surface area contributed by atoms with E-state index in [2.05, 4.69) is 25.9 Å². The van der Waals surface area contributed by atoms with Crippen LogP contribution in [0, 0.1) is 0 Å². The number of hydrogen-bond donors (Lipinski definition) is 1. The van der Waals surface area contributed by atoms with Crippen LogP contribution in [0.2, 0.25) is 0 Å². The summed E-state index contributed by atoms with van der Waals surface area (Å²) in [5.41, 5.74) is 1.98. The fourth-order valence-electron chi connectivity index (χ4n) is 1.71. The standard InChI is InChI=1S/C13H7BrN2O2S/c14-9-3-8(5-15-6-9)12-16-10-2-1-7(13(17)18)4-11(10)19-12/h1-6H,(H,17,18). The van der Waals surface area contributed by atoms with E-state index in [0.717, 1.165) is 25.3 Å². The quantitative estimate of drug-likeness (QED) is 0.773. The van der Waals surface area contributed by atoms with Gasteiger partial charge in [-0.25, -0.2) is 9.78 Å². The molecular weight excluding hydrogens is 328 g/mol. The maximum atomic E-state index is 10.9. The van der Waals surface area contributed by atoms with Crippen molar-refractivity contribution in [3.05, 3.63) is 46.7 Å². The SMILES string of the molecule is O=C(O)c1ccc2nc(-c3cncc(Br)c3)sc2c1. The summed E-state index contributed by atoms with van der Waals surface area (Å²) in [5, 5.41) is 9.80. The number of benzene rings is 1. The summed E-state index contributed by atoms with van der Waals surface area (Å²) in [5.74, 6) is -0.930. The molecule has 0 saturated carbocycles. The second kappa shape index (κ2) is 4.71. The number of carboxylic acid groups (broad SMARTS) is 1. The van der Waals surface area contributed by atoms with E-state index in [1.807, 2.05) is 6.07 Å². The maximum absolute atomic E-state index is 10.9. The maximum Gasteiger partial charge on any atom is 0.335 e. The van der Waals surface area contributed by atoms with Crippen molar-refractivity contribution in [2.75, 3.05) is 0 Å². The van der Waals surface area contributed by atoms with Crippen molar-refractivity contribution in [1.29, 1.82) is 0 Å². The molecule has 0 aliphatic carbocycles. The molecule has 94 valence electrons. The van der Waals surface area contributed by atoms with Gasteiger partial charge in [0.25, 0.3) is 0 Å². The molecule has 6 heteroatoms. The van der Waals surface area contributed by atoms with Crippen molar-refractivity contribution in [3.63, 3.8) is 0 Å². The van der Waals surface area contributed by atoms with Gasteiger partial charge in [-0.05, 0) is 40.2 Å². The minimum absolute atomic E-state index is 0.273. The number of aromatic nitrogens is 2. The van der Waals surface area contributed by atoms with Crippen LogP contribution in [-0.2, 0) is 0 Å². The first-order valence-electron chi connectivity index (χ1n) is 5.38. The molecule has 3 aromatic rings. The summed E-state index contributed by atoms with van der Waals surface area (Å²) in [6, 6.07) is 6.87. The topological polar surface area (TPSA) is 63.1 Å². The Kier molecular flexibility index (Phi) is 3.04. The van der Waals surface area contributed by atoms with Gasteiger partial charge in [-0.1, -0.05) is 0 Å². The number of halogens is 1. The van der Waals surface area contributed by atoms with Crippen molar-refractivity contribution in [1.82, 2.24) is 9.97 Å². The van der Waals surface area contributed by atoms with Crippen LogP contribution in [0.3, 0.4) is 0 Å². The highest BCUT2D eigenvalue weighted by molar-refractivity contribution is 9.10. The molecule has 0 bridgehead atoms. The zero-order valence-corrected chi connectivity index (χ0v) is 11.9. The minimum Gasteiger partial charge on any atom is -0.478 e. The molecule has 2 heterocycles. The summed E-state index contributed by atoms with van der Waals surface area (Å²) >= 11 is 4.83. The van der Waals surface area contributed by atoms with E-state index in [1.165, 1.54) is 11.3 Å². The van der Waals surface area contributed by atoms with E-state index < -0.39 is 5.97 Å². The Hall–Kier alpha value is -1.79. The van der Waals surface area contributed by atoms with E-state index in [-0.39, 0.29) is 5.56 Å². The van der Waals surface area contributed by atoms with Crippen molar-refractivity contribution >= 4 is 43.5 Å². The monoisotopic (exact) mass is 334 g/mol. The van der Waals surface area contributed by atoms with Crippen LogP contribution in [0.25, 0.3) is 20.8 Å². The zero-order chi connectivity index (χ0) is 13.4. The van der Waals surface area contributed by atoms with Crippen molar-refractivity contribution in [2.45, 2.75) is 0 Å². The average Bonchev–Trinajstić information content (AvgIpc) is 2.81. The molecule has 1 aromatic carbocycles. The van der Waals surface area contributed by atoms with Crippen LogP contribution in [0.15, 0.2) is 41.1 Å². The molecule has 0 fully saturated rings. The molecule has 19 heavy (non-hydrogen) atoms. The first kappa shape index (κ1) is 12.3. The molecule has 0 unspecified atom stereocenters. The number of rotatable bonds is 2. The highest BCUT2D eigenvalue weighted by atomic mass is 79.9. The van der Waals surface area contributed by atoms with Gasteiger partial charge in [0, 0.05) is 22.4 Å². The predicted molar refractivity (Wildman–Crippen MR) is 77.5 cm³/mol. The van der Waals surface area contributed by atoms with Gasteiger partial charge in [0.15, 0.2) is 0 Å². The van der Waals surface area contributed by atoms with Crippen molar-refractivity contribution in [2.24, 2.45) is 0 Å². The zero-order valence-electron chi connectivity index (χ0n) is 9.50. The third kappa shape index (κ3) is 2.36. The van der Waals surface area contributed by atoms with Gasteiger partial charge in [0.2, 0.25) is 0 Å². The Bertz CT molecular complexity index is 785. The lowest BCUT2D eigenvalue weighted by Crippen LogP contribution is -1.94. The minimum atomic E-state index is -0.930. The fourth-order valence-corrected chi connectivity index (χ4v) is 3.06. The van der Waals surface area contributed by atoms with Crippen LogP contribution in [0.4, 0.5) is 0 Å². The Balaban J connectivity index is 2.14. The van der Waals surface area contributed by atoms with Crippen LogP contribution >= 0.6 is 27.3 Å². The summed E-state index contributed by atoms with van der Waals surface area (Å²) in [4.78, 5) is 19.5. The summed E-state index contributed by atoms with van der Waals surface area (Å²) in [7, 11) is 0. The summed E-state index contributed by atoms with van der Waals surface area (Å²) < 4.78 is 1.74. The molecule has 1 N–H and O–H groups in total. The molecule has 0 spiro atoms. The first-order valence-corrected chi connectivity index (χ1v) is 6.99. The van der Waals surface area contributed by atoms with Gasteiger partial charge in [0.1, 0.15) is 5.01 Å². The molecular formula is C13H7BrN2O2S. The van der Waals surface area contributed by atoms with Crippen molar-refractivity contribution in [3.8, 4) is 10.6 Å². The second-order valence-electron chi connectivity index (χ2n) is 3.90. The highest BCUT2D eigenvalue weighted by Crippen LogP contribution is 2.31. The number of thiazole rings is 1. The molecule has 0 atom stereocenters. The molecule has 3 rings (SSSR count). The largest absolute Gasteiger partial charge is 0.478 e. The normalized spacial score (nSPS) is 10.8. The van der Waals surface area contributed by atoms with Crippen LogP contribution < -0.4 is 0 Å². The smallest absolute Gasteiger partial charge is 0.335 e. The molecule has 0 saturated heterocycles. The Labute approximate surface area is 120 Å². The molecule has 0 radical (unpaired) electrons. The molecule has 2 aromatic heterocycles. The van der Waals surface area contributed by atoms with Gasteiger partial charge in [0.05, 0.1) is 15.8 Å². The molecule has 0 aliphatic rings. The van der Waals surface area contributed by atoms with E-state index >= 15 is 0 Å². The second-order valence-corrected chi connectivity index (χ2v) is 5.84. The Morgan fingerprint density at radius 1 is 1.26 bits per heavy atom. The van der Waals surface area contributed by atoms with Gasteiger partial charge in [-0.2, -0.15) is 0 Å². The predicted octanol–water partition coefficient (Wildman–Crippen LogP) is 3.82. The number of fused-ring (bicyclic) bond motifs is 1. The fraction of sp³-hybridized carbons (Fsp3) is 0. The van der Waals surface area contributed by atoms with Crippen LogP contribution in [0.1, 0.15) is 10.4 Å². The number of hydrogen-bond acceptors (Lipinski definition) is 4. The number of aromatic carboxylic acids is 1. The van der Waals surface area contributed by atoms with E-state index in [4.69, 9.17) is 5.11 Å². The van der Waals surface area contributed by atoms with E-state index in [1.54, 1.807) is 30.6 Å². The molecule has 4 nitrogen and oxygen atoms in total. The van der Waals surface area contributed by atoms with Crippen molar-refractivity contribution < 1.29 is 9.90 Å². The van der Waals surface area contributed by atoms with E-state index in [9.17, 15) is 4.79 Å². The van der Waals surface area contributed by atoms with Crippen LogP contribution in [0.5, 0.6) is 0 Å². The average molecular weight is 335 g/mol. The summed E-state index contributed by atoms with van der Waals surface area (Å²) in [6.45, 7) is 0.